The molecule has 33 heavy (non-hydrogen) atoms. The van der Waals surface area contributed by atoms with Gasteiger partial charge in [-0.15, -0.1) is 5.10 Å². The summed E-state index contributed by atoms with van der Waals surface area (Å²) in [5.41, 5.74) is 6.01. The van der Waals surface area contributed by atoms with Crippen LogP contribution in [0.3, 0.4) is 0 Å². The van der Waals surface area contributed by atoms with Gasteiger partial charge in [0.25, 0.3) is 0 Å². The molecule has 0 fully saturated rings. The number of hydrogen-bond donors (Lipinski definition) is 0. The molecule has 0 saturated heterocycles. The monoisotopic (exact) mass is 443 g/mol. The highest BCUT2D eigenvalue weighted by atomic mass is 32.2. The summed E-state index contributed by atoms with van der Waals surface area (Å²) in [4.78, 5) is 4.72. The van der Waals surface area contributed by atoms with E-state index in [1.807, 2.05) is 42.5 Å². The van der Waals surface area contributed by atoms with Crippen molar-refractivity contribution in [3.8, 4) is 23.0 Å². The van der Waals surface area contributed by atoms with Crippen molar-refractivity contribution in [2.24, 2.45) is 0 Å². The highest BCUT2D eigenvalue weighted by Crippen LogP contribution is 2.51. The van der Waals surface area contributed by atoms with Gasteiger partial charge in [0.15, 0.2) is 5.69 Å². The normalized spacial score (nSPS) is 12.0. The van der Waals surface area contributed by atoms with E-state index < -0.39 is 0 Å². The average molecular weight is 444 g/mol. The summed E-state index contributed by atoms with van der Waals surface area (Å²) in [6, 6.07) is 36.9. The Labute approximate surface area is 195 Å². The molecule has 6 heteroatoms. The second-order valence-electron chi connectivity index (χ2n) is 7.57. The Kier molecular flexibility index (Phi) is 4.68. The van der Waals surface area contributed by atoms with Crippen molar-refractivity contribution in [2.75, 3.05) is 4.90 Å². The van der Waals surface area contributed by atoms with Crippen LogP contribution in [-0.2, 0) is 0 Å². The van der Waals surface area contributed by atoms with Crippen LogP contribution in [0.2, 0.25) is 0 Å². The second-order valence-corrected chi connectivity index (χ2v) is 8.65. The molecule has 0 atom stereocenters. The molecule has 0 N–H and O–H groups in total. The van der Waals surface area contributed by atoms with E-state index in [4.69, 9.17) is 0 Å². The van der Waals surface area contributed by atoms with Gasteiger partial charge in [0, 0.05) is 21.0 Å². The molecule has 6 rings (SSSR count). The number of nitrogens with zero attached hydrogens (tertiary/aromatic N) is 5. The summed E-state index contributed by atoms with van der Waals surface area (Å²) in [5.74, 6) is 0. The maximum atomic E-state index is 9.83. The maximum Gasteiger partial charge on any atom is 0.172 e. The number of aromatic nitrogens is 3. The molecule has 0 bridgehead atoms. The van der Waals surface area contributed by atoms with Crippen molar-refractivity contribution < 1.29 is 0 Å². The molecule has 1 aromatic heterocycles. The number of anilines is 3. The summed E-state index contributed by atoms with van der Waals surface area (Å²) in [5, 5.41) is 18.4. The number of benzene rings is 4. The fraction of sp³-hybridized carbons (Fsp3) is 0. The van der Waals surface area contributed by atoms with E-state index in [2.05, 4.69) is 81.9 Å². The Morgan fingerprint density at radius 1 is 0.667 bits per heavy atom. The molecule has 1 aliphatic heterocycles. The van der Waals surface area contributed by atoms with E-state index in [1.54, 1.807) is 16.4 Å². The maximum absolute atomic E-state index is 9.83. The molecule has 0 saturated carbocycles. The lowest BCUT2D eigenvalue weighted by Crippen LogP contribution is -2.14. The molecule has 156 valence electrons. The van der Waals surface area contributed by atoms with Gasteiger partial charge in [0.1, 0.15) is 11.8 Å². The SMILES string of the molecule is N#Cc1c(-c2ccc(N3c4ccccc4Sc4ccccc43)cc2)nnn1-c1ccccc1. The van der Waals surface area contributed by atoms with Crippen LogP contribution in [0.5, 0.6) is 0 Å². The molecule has 0 aliphatic carbocycles. The zero-order valence-electron chi connectivity index (χ0n) is 17.5. The van der Waals surface area contributed by atoms with E-state index in [9.17, 15) is 5.26 Å². The predicted molar refractivity (Wildman–Crippen MR) is 130 cm³/mol. The predicted octanol–water partition coefficient (Wildman–Crippen LogP) is 6.74. The van der Waals surface area contributed by atoms with Crippen LogP contribution in [0.15, 0.2) is 113 Å². The first kappa shape index (κ1) is 19.4. The van der Waals surface area contributed by atoms with Crippen LogP contribution < -0.4 is 4.90 Å². The zero-order valence-corrected chi connectivity index (χ0v) is 18.3. The van der Waals surface area contributed by atoms with Crippen LogP contribution in [0.1, 0.15) is 5.69 Å². The molecular formula is C27H17N5S. The van der Waals surface area contributed by atoms with Crippen molar-refractivity contribution >= 4 is 28.8 Å². The molecule has 1 aliphatic rings. The smallest absolute Gasteiger partial charge is 0.172 e. The second kappa shape index (κ2) is 7.97. The van der Waals surface area contributed by atoms with Crippen molar-refractivity contribution in [3.63, 3.8) is 0 Å². The minimum Gasteiger partial charge on any atom is -0.308 e. The van der Waals surface area contributed by atoms with Crippen molar-refractivity contribution in [1.29, 1.82) is 5.26 Å². The van der Waals surface area contributed by atoms with E-state index in [0.717, 1.165) is 28.3 Å². The standard InChI is InChI=1S/C27H17N5S/c28-18-24-27(29-30-32(24)21-8-2-1-3-9-21)19-14-16-20(17-15-19)31-22-10-4-6-12-25(22)33-26-13-7-5-11-23(26)31/h1-17H. The van der Waals surface area contributed by atoms with Crippen LogP contribution in [-0.4, -0.2) is 15.0 Å². The van der Waals surface area contributed by atoms with Gasteiger partial charge in [-0.05, 0) is 48.5 Å². The molecule has 0 amide bonds. The van der Waals surface area contributed by atoms with E-state index in [0.29, 0.717) is 11.4 Å². The van der Waals surface area contributed by atoms with Gasteiger partial charge in [-0.3, -0.25) is 0 Å². The number of hydrogen-bond acceptors (Lipinski definition) is 5. The Morgan fingerprint density at radius 2 is 1.27 bits per heavy atom. The Morgan fingerprint density at radius 3 is 1.91 bits per heavy atom. The van der Waals surface area contributed by atoms with Gasteiger partial charge < -0.3 is 4.90 Å². The lowest BCUT2D eigenvalue weighted by atomic mass is 10.1. The Balaban J connectivity index is 1.42. The summed E-state index contributed by atoms with van der Waals surface area (Å²) in [7, 11) is 0. The van der Waals surface area contributed by atoms with Crippen LogP contribution in [0.25, 0.3) is 16.9 Å². The summed E-state index contributed by atoms with van der Waals surface area (Å²) in [6.07, 6.45) is 0. The minimum absolute atomic E-state index is 0.416. The van der Waals surface area contributed by atoms with Crippen molar-refractivity contribution in [2.45, 2.75) is 9.79 Å². The van der Waals surface area contributed by atoms with Crippen LogP contribution >= 0.6 is 11.8 Å². The average Bonchev–Trinajstić information content (AvgIpc) is 3.32. The Hall–Kier alpha value is -4.34. The third kappa shape index (κ3) is 3.27. The van der Waals surface area contributed by atoms with E-state index in [1.165, 1.54) is 9.79 Å². The number of rotatable bonds is 3. The topological polar surface area (TPSA) is 57.7 Å². The molecule has 5 aromatic rings. The number of para-hydroxylation sites is 3. The van der Waals surface area contributed by atoms with Gasteiger partial charge in [-0.2, -0.15) is 5.26 Å². The van der Waals surface area contributed by atoms with E-state index in [-0.39, 0.29) is 0 Å². The van der Waals surface area contributed by atoms with Crippen molar-refractivity contribution in [1.82, 2.24) is 15.0 Å². The van der Waals surface area contributed by atoms with Crippen LogP contribution in [0.4, 0.5) is 17.1 Å². The molecule has 2 heterocycles. The lowest BCUT2D eigenvalue weighted by molar-refractivity contribution is 0.796. The highest BCUT2D eigenvalue weighted by molar-refractivity contribution is 7.99. The third-order valence-corrected chi connectivity index (χ3v) is 6.74. The zero-order chi connectivity index (χ0) is 22.2. The first-order valence-corrected chi connectivity index (χ1v) is 11.3. The molecular weight excluding hydrogens is 426 g/mol. The van der Waals surface area contributed by atoms with E-state index >= 15 is 0 Å². The first-order chi connectivity index (χ1) is 16.3. The van der Waals surface area contributed by atoms with Gasteiger partial charge in [0.2, 0.25) is 0 Å². The summed E-state index contributed by atoms with van der Waals surface area (Å²) >= 11 is 1.79. The molecule has 5 nitrogen and oxygen atoms in total. The van der Waals surface area contributed by atoms with Gasteiger partial charge >= 0.3 is 0 Å². The third-order valence-electron chi connectivity index (χ3n) is 5.61. The van der Waals surface area contributed by atoms with Gasteiger partial charge in [-0.1, -0.05) is 71.6 Å². The van der Waals surface area contributed by atoms with Crippen molar-refractivity contribution in [3.05, 3.63) is 109 Å². The molecule has 0 unspecified atom stereocenters. The summed E-state index contributed by atoms with van der Waals surface area (Å²) in [6.45, 7) is 0. The summed E-state index contributed by atoms with van der Waals surface area (Å²) < 4.78 is 1.58. The van der Waals surface area contributed by atoms with Crippen LogP contribution in [0, 0.1) is 11.3 Å². The quantitative estimate of drug-likeness (QED) is 0.303. The molecule has 0 radical (unpaired) electrons. The number of fused-ring (bicyclic) bond motifs is 2. The van der Waals surface area contributed by atoms with Gasteiger partial charge in [0.05, 0.1) is 17.1 Å². The number of nitriles is 1. The fourth-order valence-corrected chi connectivity index (χ4v) is 5.14. The highest BCUT2D eigenvalue weighted by Gasteiger charge is 2.24. The van der Waals surface area contributed by atoms with Gasteiger partial charge in [-0.25, -0.2) is 4.68 Å². The fourth-order valence-electron chi connectivity index (χ4n) is 4.08. The molecule has 0 spiro atoms. The molecule has 4 aromatic carbocycles. The lowest BCUT2D eigenvalue weighted by Gasteiger charge is -2.32. The minimum atomic E-state index is 0.416. The first-order valence-electron chi connectivity index (χ1n) is 10.5. The largest absolute Gasteiger partial charge is 0.308 e. The Bertz CT molecular complexity index is 1450.